The number of rotatable bonds is 8. The number of alkyl halides is 6. The zero-order valence-corrected chi connectivity index (χ0v) is 26.0. The molecule has 0 spiro atoms. The minimum absolute atomic E-state index is 0.0211. The van der Waals surface area contributed by atoms with Crippen molar-refractivity contribution in [1.82, 2.24) is 9.88 Å². The van der Waals surface area contributed by atoms with E-state index < -0.39 is 58.7 Å². The van der Waals surface area contributed by atoms with Crippen molar-refractivity contribution >= 4 is 17.9 Å². The summed E-state index contributed by atoms with van der Waals surface area (Å²) in [6.07, 6.45) is -11.5. The minimum Gasteiger partial charge on any atom is -0.507 e. The molecule has 252 valence electrons. The predicted octanol–water partition coefficient (Wildman–Crippen LogP) is 7.62. The first kappa shape index (κ1) is 33.9. The smallest absolute Gasteiger partial charge is 0.416 e. The molecule has 1 aromatic heterocycles. The van der Waals surface area contributed by atoms with Gasteiger partial charge in [-0.15, -0.1) is 0 Å². The number of esters is 1. The van der Waals surface area contributed by atoms with Crippen molar-refractivity contribution in [1.29, 1.82) is 0 Å². The molecule has 0 unspecified atom stereocenters. The summed E-state index contributed by atoms with van der Waals surface area (Å²) in [6, 6.07) is 8.50. The molecule has 2 saturated heterocycles. The molecule has 1 amide bonds. The maximum absolute atomic E-state index is 13.6. The fraction of sp³-hybridized carbons (Fsp3) is 0.424. The Morgan fingerprint density at radius 1 is 0.957 bits per heavy atom. The van der Waals surface area contributed by atoms with Crippen LogP contribution in [0.15, 0.2) is 48.5 Å². The molecule has 2 aliphatic rings. The average Bonchev–Trinajstić information content (AvgIpc) is 3.24. The molecule has 1 N–H and O–H groups in total. The van der Waals surface area contributed by atoms with Crippen molar-refractivity contribution in [3.05, 3.63) is 76.5 Å². The van der Waals surface area contributed by atoms with Crippen LogP contribution in [0.5, 0.6) is 5.75 Å². The van der Waals surface area contributed by atoms with Gasteiger partial charge in [0.25, 0.3) is 0 Å². The Kier molecular flexibility index (Phi) is 8.84. The van der Waals surface area contributed by atoms with Gasteiger partial charge in [0.05, 0.1) is 42.9 Å². The SMILES string of the molecule is COC(=O)CC(C)(C)c1ccc(O)c(-c2ccc(N3CCC3)nc2CN2C(=O)O[C@H](c3cc(C(F)(F)F)cc(C(F)(F)F)c3)[C@@H]2C)c1. The Morgan fingerprint density at radius 3 is 2.15 bits per heavy atom. The van der Waals surface area contributed by atoms with Gasteiger partial charge in [0.1, 0.15) is 17.7 Å². The van der Waals surface area contributed by atoms with E-state index in [2.05, 4.69) is 0 Å². The lowest BCUT2D eigenvalue weighted by molar-refractivity contribution is -0.144. The van der Waals surface area contributed by atoms with Crippen LogP contribution >= 0.6 is 0 Å². The number of phenols is 1. The summed E-state index contributed by atoms with van der Waals surface area (Å²) in [4.78, 5) is 33.2. The number of hydrogen-bond donors (Lipinski definition) is 1. The number of nitrogens with zero attached hydrogens (tertiary/aromatic N) is 3. The highest BCUT2D eigenvalue weighted by molar-refractivity contribution is 5.77. The number of carbonyl (C=O) groups excluding carboxylic acids is 2. The largest absolute Gasteiger partial charge is 0.507 e. The molecule has 5 rings (SSSR count). The summed E-state index contributed by atoms with van der Waals surface area (Å²) < 4.78 is 91.7. The van der Waals surface area contributed by atoms with Crippen LogP contribution < -0.4 is 4.90 Å². The Labute approximate surface area is 266 Å². The van der Waals surface area contributed by atoms with Crippen LogP contribution in [-0.2, 0) is 38.6 Å². The second-order valence-electron chi connectivity index (χ2n) is 12.4. The number of cyclic esters (lactones) is 1. The van der Waals surface area contributed by atoms with Crippen LogP contribution in [0.3, 0.4) is 0 Å². The predicted molar refractivity (Wildman–Crippen MR) is 158 cm³/mol. The maximum Gasteiger partial charge on any atom is 0.416 e. The highest BCUT2D eigenvalue weighted by atomic mass is 19.4. The quantitative estimate of drug-likeness (QED) is 0.196. The van der Waals surface area contributed by atoms with Gasteiger partial charge in [-0.25, -0.2) is 9.78 Å². The number of ether oxygens (including phenoxy) is 2. The summed E-state index contributed by atoms with van der Waals surface area (Å²) in [5.74, 6) is 0.0622. The number of carbonyl (C=O) groups is 2. The molecular formula is C33H33F6N3O5. The van der Waals surface area contributed by atoms with Gasteiger partial charge in [-0.1, -0.05) is 19.9 Å². The fourth-order valence-electron chi connectivity index (χ4n) is 5.75. The molecule has 0 bridgehead atoms. The third-order valence-electron chi connectivity index (χ3n) is 8.67. The Morgan fingerprint density at radius 2 is 1.60 bits per heavy atom. The molecule has 3 aromatic rings. The van der Waals surface area contributed by atoms with E-state index in [1.807, 2.05) is 18.7 Å². The van der Waals surface area contributed by atoms with Gasteiger partial charge in [-0.05, 0) is 66.9 Å². The molecule has 8 nitrogen and oxygen atoms in total. The fourth-order valence-corrected chi connectivity index (χ4v) is 5.75. The van der Waals surface area contributed by atoms with Gasteiger partial charge in [0.15, 0.2) is 0 Å². The first-order valence-electron chi connectivity index (χ1n) is 14.8. The standard InChI is InChI=1S/C33H33F6N3O5/c1-18-29(19-12-21(32(34,35)36)14-22(13-19)33(37,38)39)47-30(45)42(18)17-25-23(7-9-27(40-25)41-10-5-11-41)24-15-20(6-8-26(24)43)31(2,3)16-28(44)46-4/h6-9,12-15,18,29,43H,5,10-11,16-17H2,1-4H3/t18-,29-/m0/s1. The molecular weight excluding hydrogens is 632 g/mol. The van der Waals surface area contributed by atoms with Crippen molar-refractivity contribution in [3.63, 3.8) is 0 Å². The molecule has 2 atom stereocenters. The van der Waals surface area contributed by atoms with Crippen LogP contribution in [-0.4, -0.2) is 53.3 Å². The Hall–Kier alpha value is -4.49. The summed E-state index contributed by atoms with van der Waals surface area (Å²) in [7, 11) is 1.29. The Bertz CT molecular complexity index is 1650. The second kappa shape index (κ2) is 12.3. The van der Waals surface area contributed by atoms with Crippen molar-refractivity contribution in [2.24, 2.45) is 0 Å². The number of benzene rings is 2. The summed E-state index contributed by atoms with van der Waals surface area (Å²) in [5.41, 5.74) is -2.37. The average molecular weight is 666 g/mol. The van der Waals surface area contributed by atoms with Gasteiger partial charge < -0.3 is 19.5 Å². The summed E-state index contributed by atoms with van der Waals surface area (Å²) in [6.45, 7) is 6.41. The zero-order chi connectivity index (χ0) is 34.5. The number of amides is 1. The molecule has 14 heteroatoms. The maximum atomic E-state index is 13.6. The van der Waals surface area contributed by atoms with Gasteiger partial charge >= 0.3 is 24.4 Å². The highest BCUT2D eigenvalue weighted by Gasteiger charge is 2.44. The van der Waals surface area contributed by atoms with E-state index >= 15 is 0 Å². The zero-order valence-electron chi connectivity index (χ0n) is 26.0. The molecule has 2 aromatic carbocycles. The third-order valence-corrected chi connectivity index (χ3v) is 8.67. The molecule has 0 saturated carbocycles. The normalized spacial score (nSPS) is 18.6. The van der Waals surface area contributed by atoms with E-state index in [1.54, 1.807) is 24.3 Å². The third kappa shape index (κ3) is 6.96. The summed E-state index contributed by atoms with van der Waals surface area (Å²) in [5, 5.41) is 11.0. The topological polar surface area (TPSA) is 92.2 Å². The van der Waals surface area contributed by atoms with Gasteiger partial charge in [-0.3, -0.25) is 9.69 Å². The molecule has 2 fully saturated rings. The van der Waals surface area contributed by atoms with E-state index in [0.29, 0.717) is 40.3 Å². The Balaban J connectivity index is 1.54. The van der Waals surface area contributed by atoms with E-state index in [-0.39, 0.29) is 24.8 Å². The molecule has 2 aliphatic heterocycles. The van der Waals surface area contributed by atoms with Gasteiger partial charge in [-0.2, -0.15) is 26.3 Å². The lowest BCUT2D eigenvalue weighted by atomic mass is 9.80. The van der Waals surface area contributed by atoms with E-state index in [0.717, 1.165) is 19.5 Å². The van der Waals surface area contributed by atoms with E-state index in [4.69, 9.17) is 14.5 Å². The number of hydrogen-bond acceptors (Lipinski definition) is 7. The van der Waals surface area contributed by atoms with Crippen LogP contribution in [0.1, 0.15) is 67.7 Å². The van der Waals surface area contributed by atoms with Crippen molar-refractivity contribution in [3.8, 4) is 16.9 Å². The lowest BCUT2D eigenvalue weighted by Gasteiger charge is -2.33. The number of halogens is 6. The van der Waals surface area contributed by atoms with Crippen LogP contribution in [0.4, 0.5) is 37.0 Å². The molecule has 0 aliphatic carbocycles. The molecule has 47 heavy (non-hydrogen) atoms. The van der Waals surface area contributed by atoms with Crippen molar-refractivity contribution in [2.45, 2.75) is 70.1 Å². The number of anilines is 1. The van der Waals surface area contributed by atoms with E-state index in [1.165, 1.54) is 25.0 Å². The number of methoxy groups -OCH3 is 1. The number of phenolic OH excluding ortho intramolecular Hbond substituents is 1. The summed E-state index contributed by atoms with van der Waals surface area (Å²) >= 11 is 0. The molecule has 3 heterocycles. The molecule has 0 radical (unpaired) electrons. The number of pyridine rings is 1. The second-order valence-corrected chi connectivity index (χ2v) is 12.4. The van der Waals surface area contributed by atoms with Crippen LogP contribution in [0.2, 0.25) is 0 Å². The number of aromatic nitrogens is 1. The number of aromatic hydroxyl groups is 1. The van der Waals surface area contributed by atoms with Crippen LogP contribution in [0, 0.1) is 0 Å². The monoisotopic (exact) mass is 665 g/mol. The van der Waals surface area contributed by atoms with Gasteiger partial charge in [0, 0.05) is 29.6 Å². The highest BCUT2D eigenvalue weighted by Crippen LogP contribution is 2.43. The first-order chi connectivity index (χ1) is 21.9. The van der Waals surface area contributed by atoms with Gasteiger partial charge in [0.2, 0.25) is 0 Å². The van der Waals surface area contributed by atoms with Crippen LogP contribution in [0.25, 0.3) is 11.1 Å². The van der Waals surface area contributed by atoms with Crippen molar-refractivity contribution < 1.29 is 50.5 Å². The lowest BCUT2D eigenvalue weighted by Crippen LogP contribution is -2.38. The van der Waals surface area contributed by atoms with E-state index in [9.17, 15) is 41.0 Å². The minimum atomic E-state index is -5.07. The first-order valence-corrected chi connectivity index (χ1v) is 14.8. The van der Waals surface area contributed by atoms with Crippen molar-refractivity contribution in [2.75, 3.05) is 25.1 Å².